The second-order valence-corrected chi connectivity index (χ2v) is 8.39. The molecule has 6 nitrogen and oxygen atoms in total. The van der Waals surface area contributed by atoms with Crippen LogP contribution in [-0.4, -0.2) is 39.4 Å². The maximum atomic E-state index is 6.03. The molecule has 2 saturated carbocycles. The summed E-state index contributed by atoms with van der Waals surface area (Å²) in [5.74, 6) is 0.757. The minimum atomic E-state index is 0.118. The summed E-state index contributed by atoms with van der Waals surface area (Å²) < 4.78 is 2.47. The van der Waals surface area contributed by atoms with Crippen LogP contribution in [0.4, 0.5) is 5.95 Å². The van der Waals surface area contributed by atoms with Crippen molar-refractivity contribution in [2.75, 3.05) is 11.9 Å². The number of aromatic nitrogens is 3. The van der Waals surface area contributed by atoms with Crippen LogP contribution in [0.2, 0.25) is 0 Å². The summed E-state index contributed by atoms with van der Waals surface area (Å²) in [6, 6.07) is 2.99. The van der Waals surface area contributed by atoms with E-state index in [0.717, 1.165) is 49.2 Å². The summed E-state index contributed by atoms with van der Waals surface area (Å²) in [6.45, 7) is 0.886. The highest BCUT2D eigenvalue weighted by Gasteiger charge is 2.38. The zero-order valence-corrected chi connectivity index (χ0v) is 15.3. The Morgan fingerprint density at radius 2 is 1.92 bits per heavy atom. The standard InChI is InChI=1S/C20H28N6/c21-15-4-6-16(7-5-15)24-19-23-11-14-10-17-12-22-13-20(8-2-1-3-9-20)26(17)18(14)25-19/h10-12,15-16H,1-9,13,21H2,(H,23,24,25)/t15-,16-. The topological polar surface area (TPSA) is 81.1 Å². The predicted octanol–water partition coefficient (Wildman–Crippen LogP) is 3.21. The molecule has 6 heteroatoms. The fourth-order valence-electron chi connectivity index (χ4n) is 5.09. The molecule has 2 aliphatic carbocycles. The highest BCUT2D eigenvalue weighted by molar-refractivity contribution is 5.90. The second-order valence-electron chi connectivity index (χ2n) is 8.39. The molecule has 1 aliphatic heterocycles. The van der Waals surface area contributed by atoms with Gasteiger partial charge in [0.2, 0.25) is 5.95 Å². The average Bonchev–Trinajstić information content (AvgIpc) is 3.04. The van der Waals surface area contributed by atoms with Gasteiger partial charge in [0.1, 0.15) is 5.65 Å². The molecule has 3 heterocycles. The lowest BCUT2D eigenvalue weighted by molar-refractivity contribution is 0.204. The molecule has 5 rings (SSSR count). The van der Waals surface area contributed by atoms with Gasteiger partial charge >= 0.3 is 0 Å². The highest BCUT2D eigenvalue weighted by atomic mass is 15.2. The number of rotatable bonds is 2. The first-order valence-electron chi connectivity index (χ1n) is 10.1. The molecule has 0 saturated heterocycles. The van der Waals surface area contributed by atoms with Gasteiger partial charge in [-0.3, -0.25) is 4.99 Å². The summed E-state index contributed by atoms with van der Waals surface area (Å²) in [7, 11) is 0. The van der Waals surface area contributed by atoms with E-state index >= 15 is 0 Å². The Balaban J connectivity index is 1.50. The van der Waals surface area contributed by atoms with E-state index in [-0.39, 0.29) is 5.54 Å². The maximum absolute atomic E-state index is 6.03. The minimum absolute atomic E-state index is 0.118. The van der Waals surface area contributed by atoms with Crippen molar-refractivity contribution in [3.8, 4) is 0 Å². The number of anilines is 1. The van der Waals surface area contributed by atoms with Gasteiger partial charge in [0.05, 0.1) is 17.8 Å². The summed E-state index contributed by atoms with van der Waals surface area (Å²) in [5, 5.41) is 4.68. The molecule has 0 aromatic carbocycles. The molecule has 0 atom stereocenters. The van der Waals surface area contributed by atoms with Gasteiger partial charge in [0.15, 0.2) is 0 Å². The van der Waals surface area contributed by atoms with Crippen molar-refractivity contribution in [3.63, 3.8) is 0 Å². The quantitative estimate of drug-likeness (QED) is 0.869. The van der Waals surface area contributed by atoms with Crippen molar-refractivity contribution in [3.05, 3.63) is 18.0 Å². The number of hydrogen-bond acceptors (Lipinski definition) is 5. The van der Waals surface area contributed by atoms with Crippen LogP contribution in [0.25, 0.3) is 11.0 Å². The van der Waals surface area contributed by atoms with Crippen molar-refractivity contribution in [2.45, 2.75) is 75.4 Å². The van der Waals surface area contributed by atoms with Gasteiger partial charge in [0, 0.05) is 29.9 Å². The SMILES string of the molecule is N[C@H]1CC[C@H](Nc2ncc3cc4n(c3n2)C2(CCCCC2)CN=C4)CC1. The first kappa shape index (κ1) is 16.2. The van der Waals surface area contributed by atoms with Gasteiger partial charge < -0.3 is 15.6 Å². The van der Waals surface area contributed by atoms with Gasteiger partial charge in [-0.25, -0.2) is 4.98 Å². The van der Waals surface area contributed by atoms with Gasteiger partial charge in [-0.15, -0.1) is 0 Å². The van der Waals surface area contributed by atoms with Gasteiger partial charge in [-0.05, 0) is 44.6 Å². The summed E-state index contributed by atoms with van der Waals surface area (Å²) in [4.78, 5) is 14.2. The third-order valence-electron chi connectivity index (χ3n) is 6.54. The Morgan fingerprint density at radius 3 is 2.73 bits per heavy atom. The first-order chi connectivity index (χ1) is 12.7. The lowest BCUT2D eigenvalue weighted by atomic mass is 9.80. The number of nitrogens with zero attached hydrogens (tertiary/aromatic N) is 4. The third-order valence-corrected chi connectivity index (χ3v) is 6.54. The minimum Gasteiger partial charge on any atom is -0.351 e. The molecule has 1 spiro atoms. The van der Waals surface area contributed by atoms with Crippen molar-refractivity contribution in [1.29, 1.82) is 0 Å². The van der Waals surface area contributed by atoms with E-state index in [1.807, 2.05) is 12.4 Å². The average molecular weight is 352 g/mol. The van der Waals surface area contributed by atoms with Crippen LogP contribution in [0.15, 0.2) is 17.3 Å². The van der Waals surface area contributed by atoms with E-state index in [1.165, 1.54) is 37.8 Å². The normalized spacial score (nSPS) is 27.6. The summed E-state index contributed by atoms with van der Waals surface area (Å²) in [5.41, 5.74) is 8.40. The molecular weight excluding hydrogens is 324 g/mol. The molecular formula is C20H28N6. The maximum Gasteiger partial charge on any atom is 0.224 e. The summed E-state index contributed by atoms with van der Waals surface area (Å²) in [6.07, 6.45) is 14.7. The molecule has 0 radical (unpaired) electrons. The Kier molecular flexibility index (Phi) is 3.96. The fourth-order valence-corrected chi connectivity index (χ4v) is 5.09. The Morgan fingerprint density at radius 1 is 1.12 bits per heavy atom. The molecule has 138 valence electrons. The molecule has 0 bridgehead atoms. The Hall–Kier alpha value is -1.95. The number of hydrogen-bond donors (Lipinski definition) is 2. The molecule has 26 heavy (non-hydrogen) atoms. The van der Waals surface area contributed by atoms with Gasteiger partial charge in [-0.1, -0.05) is 19.3 Å². The monoisotopic (exact) mass is 352 g/mol. The smallest absolute Gasteiger partial charge is 0.224 e. The fraction of sp³-hybridized carbons (Fsp3) is 0.650. The van der Waals surface area contributed by atoms with E-state index in [0.29, 0.717) is 12.1 Å². The predicted molar refractivity (Wildman–Crippen MR) is 105 cm³/mol. The third kappa shape index (κ3) is 2.71. The first-order valence-corrected chi connectivity index (χ1v) is 10.1. The number of nitrogens with one attached hydrogen (secondary N) is 1. The molecule has 0 unspecified atom stereocenters. The Labute approximate surface area is 154 Å². The van der Waals surface area contributed by atoms with Gasteiger partial charge in [-0.2, -0.15) is 4.98 Å². The molecule has 2 aromatic heterocycles. The van der Waals surface area contributed by atoms with Crippen molar-refractivity contribution in [2.24, 2.45) is 10.7 Å². The number of aliphatic imine (C=N–C) groups is 1. The van der Waals surface area contributed by atoms with Crippen LogP contribution >= 0.6 is 0 Å². The van der Waals surface area contributed by atoms with E-state index in [1.54, 1.807) is 0 Å². The van der Waals surface area contributed by atoms with E-state index in [9.17, 15) is 0 Å². The van der Waals surface area contributed by atoms with Gasteiger partial charge in [0.25, 0.3) is 0 Å². The van der Waals surface area contributed by atoms with Crippen LogP contribution in [-0.2, 0) is 5.54 Å². The number of fused-ring (bicyclic) bond motifs is 4. The number of nitrogens with two attached hydrogens (primary N) is 1. The van der Waals surface area contributed by atoms with Crippen molar-refractivity contribution < 1.29 is 0 Å². The van der Waals surface area contributed by atoms with Crippen LogP contribution in [0.1, 0.15) is 63.5 Å². The highest BCUT2D eigenvalue weighted by Crippen LogP contribution is 2.40. The van der Waals surface area contributed by atoms with Crippen LogP contribution in [0.5, 0.6) is 0 Å². The molecule has 3 N–H and O–H groups in total. The molecule has 2 fully saturated rings. The summed E-state index contributed by atoms with van der Waals surface area (Å²) >= 11 is 0. The van der Waals surface area contributed by atoms with E-state index in [4.69, 9.17) is 15.7 Å². The molecule has 0 amide bonds. The molecule has 2 aromatic rings. The van der Waals surface area contributed by atoms with Crippen molar-refractivity contribution >= 4 is 23.2 Å². The van der Waals surface area contributed by atoms with Crippen molar-refractivity contribution in [1.82, 2.24) is 14.5 Å². The lowest BCUT2D eigenvalue weighted by Crippen LogP contribution is -2.42. The molecule has 3 aliphatic rings. The second kappa shape index (κ2) is 6.34. The van der Waals surface area contributed by atoms with Crippen LogP contribution < -0.4 is 11.1 Å². The Bertz CT molecular complexity index is 824. The van der Waals surface area contributed by atoms with E-state index in [2.05, 4.69) is 20.9 Å². The zero-order valence-electron chi connectivity index (χ0n) is 15.3. The van der Waals surface area contributed by atoms with E-state index < -0.39 is 0 Å². The lowest BCUT2D eigenvalue weighted by Gasteiger charge is -2.40. The van der Waals surface area contributed by atoms with Crippen LogP contribution in [0, 0.1) is 0 Å². The largest absolute Gasteiger partial charge is 0.351 e. The zero-order chi connectivity index (χ0) is 17.6. The van der Waals surface area contributed by atoms with Crippen LogP contribution in [0.3, 0.4) is 0 Å².